The standard InChI is InChI=1S/C14H11ClN2O3S3/c15-12-9-3-1-2-4-10(9)22-13(12)14(18)17-7-8-5-6-11(21-8)23(16,19)20/h1-6H,7H2,(H,17,18)(H2,16,19,20). The highest BCUT2D eigenvalue weighted by molar-refractivity contribution is 7.91. The zero-order valence-electron chi connectivity index (χ0n) is 11.6. The van der Waals surface area contributed by atoms with E-state index in [4.69, 9.17) is 16.7 Å². The van der Waals surface area contributed by atoms with Gasteiger partial charge in [-0.25, -0.2) is 13.6 Å². The molecule has 3 N–H and O–H groups in total. The van der Waals surface area contributed by atoms with Crippen LogP contribution < -0.4 is 10.5 Å². The van der Waals surface area contributed by atoms with Crippen LogP contribution in [-0.4, -0.2) is 14.3 Å². The molecule has 0 unspecified atom stereocenters. The molecule has 1 amide bonds. The van der Waals surface area contributed by atoms with Crippen LogP contribution in [0.5, 0.6) is 0 Å². The van der Waals surface area contributed by atoms with Crippen molar-refractivity contribution < 1.29 is 13.2 Å². The lowest BCUT2D eigenvalue weighted by Crippen LogP contribution is -2.21. The molecular formula is C14H11ClN2O3S3. The Morgan fingerprint density at radius 3 is 2.57 bits per heavy atom. The summed E-state index contributed by atoms with van der Waals surface area (Å²) in [6.07, 6.45) is 0. The lowest BCUT2D eigenvalue weighted by atomic mass is 10.2. The summed E-state index contributed by atoms with van der Waals surface area (Å²) in [5.41, 5.74) is 0. The van der Waals surface area contributed by atoms with Crippen LogP contribution in [0, 0.1) is 0 Å². The van der Waals surface area contributed by atoms with Crippen molar-refractivity contribution in [2.45, 2.75) is 10.8 Å². The number of halogens is 1. The van der Waals surface area contributed by atoms with Gasteiger partial charge in [-0.15, -0.1) is 22.7 Å². The van der Waals surface area contributed by atoms with Crippen molar-refractivity contribution in [2.75, 3.05) is 0 Å². The van der Waals surface area contributed by atoms with Crippen LogP contribution in [0.15, 0.2) is 40.6 Å². The Bertz CT molecular complexity index is 992. The van der Waals surface area contributed by atoms with Crippen molar-refractivity contribution in [1.29, 1.82) is 0 Å². The highest BCUT2D eigenvalue weighted by atomic mass is 35.5. The summed E-state index contributed by atoms with van der Waals surface area (Å²) in [7, 11) is -3.71. The van der Waals surface area contributed by atoms with Crippen molar-refractivity contribution in [3.8, 4) is 0 Å². The highest BCUT2D eigenvalue weighted by Gasteiger charge is 2.17. The van der Waals surface area contributed by atoms with Gasteiger partial charge in [0.05, 0.1) is 11.6 Å². The quantitative estimate of drug-likeness (QED) is 0.721. The summed E-state index contributed by atoms with van der Waals surface area (Å²) >= 11 is 8.60. The maximum Gasteiger partial charge on any atom is 0.263 e. The van der Waals surface area contributed by atoms with E-state index < -0.39 is 10.0 Å². The van der Waals surface area contributed by atoms with Crippen molar-refractivity contribution >= 4 is 60.3 Å². The van der Waals surface area contributed by atoms with Crippen LogP contribution in [0.25, 0.3) is 10.1 Å². The summed E-state index contributed by atoms with van der Waals surface area (Å²) in [4.78, 5) is 13.4. The third kappa shape index (κ3) is 3.41. The van der Waals surface area contributed by atoms with E-state index in [1.807, 2.05) is 24.3 Å². The van der Waals surface area contributed by atoms with Crippen LogP contribution in [0.3, 0.4) is 0 Å². The largest absolute Gasteiger partial charge is 0.346 e. The Labute approximate surface area is 145 Å². The van der Waals surface area contributed by atoms with E-state index in [0.29, 0.717) is 14.8 Å². The molecule has 0 aliphatic rings. The highest BCUT2D eigenvalue weighted by Crippen LogP contribution is 2.35. The Hall–Kier alpha value is -1.45. The molecule has 0 radical (unpaired) electrons. The first-order valence-corrected chi connectivity index (χ1v) is 9.99. The van der Waals surface area contributed by atoms with Gasteiger partial charge in [-0.3, -0.25) is 4.79 Å². The van der Waals surface area contributed by atoms with E-state index in [1.54, 1.807) is 6.07 Å². The number of primary sulfonamides is 1. The van der Waals surface area contributed by atoms with E-state index in [-0.39, 0.29) is 16.7 Å². The van der Waals surface area contributed by atoms with Crippen molar-refractivity contribution in [3.05, 3.63) is 51.2 Å². The van der Waals surface area contributed by atoms with Crippen LogP contribution in [0.4, 0.5) is 0 Å². The molecule has 3 rings (SSSR count). The van der Waals surface area contributed by atoms with E-state index in [1.165, 1.54) is 17.4 Å². The fourth-order valence-corrected chi connectivity index (χ4v) is 5.17. The number of nitrogens with two attached hydrogens (primary N) is 1. The van der Waals surface area contributed by atoms with E-state index in [0.717, 1.165) is 21.4 Å². The maximum atomic E-state index is 12.3. The fraction of sp³-hybridized carbons (Fsp3) is 0.0714. The van der Waals surface area contributed by atoms with Gasteiger partial charge in [-0.1, -0.05) is 29.8 Å². The van der Waals surface area contributed by atoms with Gasteiger partial charge < -0.3 is 5.32 Å². The summed E-state index contributed by atoms with van der Waals surface area (Å²) in [5, 5.41) is 9.08. The van der Waals surface area contributed by atoms with Crippen LogP contribution in [-0.2, 0) is 16.6 Å². The number of benzene rings is 1. The molecular weight excluding hydrogens is 376 g/mol. The molecule has 0 saturated heterocycles. The van der Waals surface area contributed by atoms with Crippen molar-refractivity contribution in [3.63, 3.8) is 0 Å². The van der Waals surface area contributed by atoms with Crippen LogP contribution >= 0.6 is 34.3 Å². The minimum Gasteiger partial charge on any atom is -0.346 e. The fourth-order valence-electron chi connectivity index (χ4n) is 2.01. The molecule has 3 aromatic rings. The molecule has 2 aromatic heterocycles. The Balaban J connectivity index is 1.76. The molecule has 0 aliphatic carbocycles. The predicted octanol–water partition coefficient (Wildman–Crippen LogP) is 3.19. The molecule has 0 fully saturated rings. The number of rotatable bonds is 4. The molecule has 120 valence electrons. The minimum atomic E-state index is -3.71. The van der Waals surface area contributed by atoms with E-state index in [2.05, 4.69) is 5.32 Å². The van der Waals surface area contributed by atoms with Gasteiger partial charge in [0, 0.05) is 15.0 Å². The molecule has 0 atom stereocenters. The number of amides is 1. The first-order chi connectivity index (χ1) is 10.9. The monoisotopic (exact) mass is 386 g/mol. The predicted molar refractivity (Wildman–Crippen MR) is 93.7 cm³/mol. The molecule has 1 aromatic carbocycles. The summed E-state index contributed by atoms with van der Waals surface area (Å²) in [6.45, 7) is 0.212. The SMILES string of the molecule is NS(=O)(=O)c1ccc(CNC(=O)c2sc3ccccc3c2Cl)s1. The van der Waals surface area contributed by atoms with Crippen molar-refractivity contribution in [1.82, 2.24) is 5.32 Å². The zero-order chi connectivity index (χ0) is 16.6. The second-order valence-corrected chi connectivity index (χ2v) is 9.08. The van der Waals surface area contributed by atoms with E-state index >= 15 is 0 Å². The maximum absolute atomic E-state index is 12.3. The Morgan fingerprint density at radius 1 is 1.17 bits per heavy atom. The first kappa shape index (κ1) is 16.4. The zero-order valence-corrected chi connectivity index (χ0v) is 14.8. The molecule has 0 spiro atoms. The number of hydrogen-bond acceptors (Lipinski definition) is 5. The molecule has 5 nitrogen and oxygen atoms in total. The Kier molecular flexibility index (Phi) is 4.43. The number of nitrogens with one attached hydrogen (secondary N) is 1. The van der Waals surface area contributed by atoms with Gasteiger partial charge >= 0.3 is 0 Å². The molecule has 0 aliphatic heterocycles. The van der Waals surface area contributed by atoms with E-state index in [9.17, 15) is 13.2 Å². The second-order valence-electron chi connectivity index (χ2n) is 4.69. The third-order valence-corrected chi connectivity index (χ3v) is 7.28. The van der Waals surface area contributed by atoms with Crippen LogP contribution in [0.1, 0.15) is 14.5 Å². The normalized spacial score (nSPS) is 11.7. The topological polar surface area (TPSA) is 89.3 Å². The lowest BCUT2D eigenvalue weighted by Gasteiger charge is -2.01. The average Bonchev–Trinajstić information content (AvgIpc) is 3.10. The Morgan fingerprint density at radius 2 is 1.91 bits per heavy atom. The molecule has 9 heteroatoms. The van der Waals surface area contributed by atoms with Gasteiger partial charge in [0.1, 0.15) is 9.09 Å². The smallest absolute Gasteiger partial charge is 0.263 e. The number of fused-ring (bicyclic) bond motifs is 1. The summed E-state index contributed by atoms with van der Waals surface area (Å²) in [6, 6.07) is 10.6. The number of carbonyl (C=O) groups is 1. The minimum absolute atomic E-state index is 0.0710. The first-order valence-electron chi connectivity index (χ1n) is 6.43. The van der Waals surface area contributed by atoms with Crippen molar-refractivity contribution in [2.24, 2.45) is 5.14 Å². The van der Waals surface area contributed by atoms with Crippen LogP contribution in [0.2, 0.25) is 5.02 Å². The van der Waals surface area contributed by atoms with Gasteiger partial charge in [0.25, 0.3) is 5.91 Å². The number of carbonyl (C=O) groups excluding carboxylic acids is 1. The molecule has 23 heavy (non-hydrogen) atoms. The summed E-state index contributed by atoms with van der Waals surface area (Å²) in [5.74, 6) is -0.290. The third-order valence-electron chi connectivity index (χ3n) is 3.08. The molecule has 0 saturated carbocycles. The summed E-state index contributed by atoms with van der Waals surface area (Å²) < 4.78 is 23.5. The lowest BCUT2D eigenvalue weighted by molar-refractivity contribution is 0.0955. The number of hydrogen-bond donors (Lipinski definition) is 2. The number of thiophene rings is 2. The molecule has 0 bridgehead atoms. The second kappa shape index (κ2) is 6.21. The van der Waals surface area contributed by atoms with Gasteiger partial charge in [0.2, 0.25) is 10.0 Å². The van der Waals surface area contributed by atoms with Gasteiger partial charge in [-0.05, 0) is 18.2 Å². The van der Waals surface area contributed by atoms with Gasteiger partial charge in [-0.2, -0.15) is 0 Å². The van der Waals surface area contributed by atoms with Gasteiger partial charge in [0.15, 0.2) is 0 Å². The molecule has 2 heterocycles. The number of sulfonamides is 1. The average molecular weight is 387 g/mol.